The van der Waals surface area contributed by atoms with Gasteiger partial charge in [0.15, 0.2) is 0 Å². The molecule has 0 spiro atoms. The number of nitrogens with zero attached hydrogens (tertiary/aromatic N) is 1. The summed E-state index contributed by atoms with van der Waals surface area (Å²) in [5, 5.41) is 17.5. The van der Waals surface area contributed by atoms with Crippen molar-refractivity contribution in [1.82, 2.24) is 4.90 Å². The lowest BCUT2D eigenvalue weighted by atomic mass is 10.1. The van der Waals surface area contributed by atoms with Gasteiger partial charge in [-0.1, -0.05) is 0 Å². The van der Waals surface area contributed by atoms with Gasteiger partial charge in [-0.15, -0.1) is 0 Å². The lowest BCUT2D eigenvalue weighted by molar-refractivity contribution is -0.150. The third kappa shape index (κ3) is 2.45. The van der Waals surface area contributed by atoms with Gasteiger partial charge in [-0.25, -0.2) is 0 Å². The summed E-state index contributed by atoms with van der Waals surface area (Å²) >= 11 is 0. The molecule has 2 atom stereocenters. The zero-order valence-corrected chi connectivity index (χ0v) is 8.14. The van der Waals surface area contributed by atoms with Crippen molar-refractivity contribution < 1.29 is 19.8 Å². The Morgan fingerprint density at radius 1 is 1.50 bits per heavy atom. The third-order valence-electron chi connectivity index (χ3n) is 2.66. The van der Waals surface area contributed by atoms with E-state index in [0.717, 1.165) is 12.8 Å². The highest BCUT2D eigenvalue weighted by Gasteiger charge is 2.33. The minimum Gasteiger partial charge on any atom is -0.481 e. The number of carbonyl (C=O) groups is 2. The summed E-state index contributed by atoms with van der Waals surface area (Å²) < 4.78 is 0. The van der Waals surface area contributed by atoms with Gasteiger partial charge >= 0.3 is 11.9 Å². The molecule has 14 heavy (non-hydrogen) atoms. The van der Waals surface area contributed by atoms with Crippen molar-refractivity contribution in [2.45, 2.75) is 38.3 Å². The number of carboxylic acids is 2. The van der Waals surface area contributed by atoms with E-state index in [1.165, 1.54) is 0 Å². The van der Waals surface area contributed by atoms with E-state index in [4.69, 9.17) is 10.2 Å². The molecule has 0 aliphatic carbocycles. The van der Waals surface area contributed by atoms with Crippen molar-refractivity contribution in [3.63, 3.8) is 0 Å². The van der Waals surface area contributed by atoms with Crippen molar-refractivity contribution in [3.05, 3.63) is 0 Å². The van der Waals surface area contributed by atoms with Crippen molar-refractivity contribution in [2.24, 2.45) is 0 Å². The third-order valence-corrected chi connectivity index (χ3v) is 2.66. The van der Waals surface area contributed by atoms with Crippen LogP contribution in [-0.2, 0) is 9.59 Å². The number of carboxylic acid groups (broad SMARTS) is 2. The van der Waals surface area contributed by atoms with Crippen LogP contribution < -0.4 is 0 Å². The molecule has 1 rings (SSSR count). The van der Waals surface area contributed by atoms with Gasteiger partial charge in [-0.3, -0.25) is 14.5 Å². The first kappa shape index (κ1) is 11.0. The van der Waals surface area contributed by atoms with Crippen molar-refractivity contribution in [1.29, 1.82) is 0 Å². The molecule has 1 saturated heterocycles. The number of aliphatic carboxylic acids is 2. The molecular weight excluding hydrogens is 186 g/mol. The Labute approximate surface area is 82.3 Å². The van der Waals surface area contributed by atoms with Crippen LogP contribution in [0, 0.1) is 0 Å². The normalized spacial score (nSPS) is 24.8. The maximum atomic E-state index is 10.9. The first-order valence-electron chi connectivity index (χ1n) is 4.72. The fourth-order valence-electron chi connectivity index (χ4n) is 1.93. The Bertz CT molecular complexity index is 241. The van der Waals surface area contributed by atoms with Gasteiger partial charge in [0.2, 0.25) is 0 Å². The fraction of sp³-hybridized carbons (Fsp3) is 0.778. The smallest absolute Gasteiger partial charge is 0.321 e. The summed E-state index contributed by atoms with van der Waals surface area (Å²) in [5.74, 6) is -2.10. The molecule has 5 nitrogen and oxygen atoms in total. The average molecular weight is 201 g/mol. The Balaban J connectivity index is 2.66. The Morgan fingerprint density at radius 3 is 2.50 bits per heavy atom. The van der Waals surface area contributed by atoms with E-state index in [0.29, 0.717) is 6.54 Å². The van der Waals surface area contributed by atoms with Crippen LogP contribution in [-0.4, -0.2) is 45.7 Å². The molecule has 0 radical (unpaired) electrons. The van der Waals surface area contributed by atoms with Crippen LogP contribution in [0.15, 0.2) is 0 Å². The zero-order valence-electron chi connectivity index (χ0n) is 8.14. The molecule has 1 fully saturated rings. The van der Waals surface area contributed by atoms with Crippen LogP contribution >= 0.6 is 0 Å². The zero-order chi connectivity index (χ0) is 10.7. The molecule has 1 heterocycles. The lowest BCUT2D eigenvalue weighted by Crippen LogP contribution is -2.44. The molecule has 80 valence electrons. The Kier molecular flexibility index (Phi) is 3.46. The molecular formula is C9H15NO4. The summed E-state index contributed by atoms with van der Waals surface area (Å²) in [7, 11) is 0. The molecule has 1 aliphatic rings. The standard InChI is InChI=1S/C9H15NO4/c1-6-3-2-4-10(6)7(9(13)14)5-8(11)12/h6-7H,2-5H2,1H3,(H,11,12)(H,13,14). The first-order chi connectivity index (χ1) is 6.52. The van der Waals surface area contributed by atoms with Gasteiger partial charge < -0.3 is 10.2 Å². The summed E-state index contributed by atoms with van der Waals surface area (Å²) in [5.41, 5.74) is 0. The largest absolute Gasteiger partial charge is 0.481 e. The number of hydrogen-bond acceptors (Lipinski definition) is 3. The van der Waals surface area contributed by atoms with E-state index in [1.807, 2.05) is 6.92 Å². The second-order valence-electron chi connectivity index (χ2n) is 3.68. The fourth-order valence-corrected chi connectivity index (χ4v) is 1.93. The minimum atomic E-state index is -1.06. The van der Waals surface area contributed by atoms with E-state index < -0.39 is 18.0 Å². The Morgan fingerprint density at radius 2 is 2.14 bits per heavy atom. The van der Waals surface area contributed by atoms with Crippen LogP contribution in [0.1, 0.15) is 26.2 Å². The van der Waals surface area contributed by atoms with Gasteiger partial charge in [0, 0.05) is 6.04 Å². The molecule has 2 unspecified atom stereocenters. The summed E-state index contributed by atoms with van der Waals surface area (Å²) in [6.07, 6.45) is 1.58. The van der Waals surface area contributed by atoms with Crippen LogP contribution in [0.25, 0.3) is 0 Å². The van der Waals surface area contributed by atoms with Gasteiger partial charge in [-0.05, 0) is 26.3 Å². The monoisotopic (exact) mass is 201 g/mol. The number of hydrogen-bond donors (Lipinski definition) is 2. The molecule has 0 amide bonds. The predicted octanol–water partition coefficient (Wildman–Crippen LogP) is 0.399. The van der Waals surface area contributed by atoms with E-state index in [2.05, 4.69) is 0 Å². The molecule has 5 heteroatoms. The Hall–Kier alpha value is -1.10. The van der Waals surface area contributed by atoms with Crippen molar-refractivity contribution >= 4 is 11.9 Å². The van der Waals surface area contributed by atoms with E-state index in [1.54, 1.807) is 4.90 Å². The van der Waals surface area contributed by atoms with E-state index >= 15 is 0 Å². The highest BCUT2D eigenvalue weighted by molar-refractivity contribution is 5.80. The summed E-state index contributed by atoms with van der Waals surface area (Å²) in [4.78, 5) is 23.1. The SMILES string of the molecule is CC1CCCN1C(CC(=O)O)C(=O)O. The van der Waals surface area contributed by atoms with Crippen LogP contribution in [0.4, 0.5) is 0 Å². The van der Waals surface area contributed by atoms with Gasteiger partial charge in [0.05, 0.1) is 6.42 Å². The van der Waals surface area contributed by atoms with Gasteiger partial charge in [-0.2, -0.15) is 0 Å². The summed E-state index contributed by atoms with van der Waals surface area (Å²) in [6, 6.07) is -0.694. The molecule has 0 aromatic carbocycles. The average Bonchev–Trinajstić information content (AvgIpc) is 2.46. The first-order valence-corrected chi connectivity index (χ1v) is 4.72. The second-order valence-corrected chi connectivity index (χ2v) is 3.68. The minimum absolute atomic E-state index is 0.176. The number of likely N-dealkylation sites (tertiary alicyclic amines) is 1. The quantitative estimate of drug-likeness (QED) is 0.688. The van der Waals surface area contributed by atoms with Gasteiger partial charge in [0.1, 0.15) is 6.04 Å². The lowest BCUT2D eigenvalue weighted by Gasteiger charge is -2.26. The van der Waals surface area contributed by atoms with E-state index in [9.17, 15) is 9.59 Å². The second kappa shape index (κ2) is 4.41. The van der Waals surface area contributed by atoms with Crippen LogP contribution in [0.5, 0.6) is 0 Å². The van der Waals surface area contributed by atoms with Crippen LogP contribution in [0.2, 0.25) is 0 Å². The molecule has 0 aromatic rings. The van der Waals surface area contributed by atoms with E-state index in [-0.39, 0.29) is 12.5 Å². The highest BCUT2D eigenvalue weighted by atomic mass is 16.4. The molecule has 2 N–H and O–H groups in total. The van der Waals surface area contributed by atoms with Crippen molar-refractivity contribution in [3.8, 4) is 0 Å². The maximum absolute atomic E-state index is 10.9. The molecule has 0 saturated carbocycles. The molecule has 0 aromatic heterocycles. The number of rotatable bonds is 4. The topological polar surface area (TPSA) is 77.8 Å². The predicted molar refractivity (Wildman–Crippen MR) is 49.1 cm³/mol. The van der Waals surface area contributed by atoms with Crippen molar-refractivity contribution in [2.75, 3.05) is 6.54 Å². The van der Waals surface area contributed by atoms with Crippen LogP contribution in [0.3, 0.4) is 0 Å². The van der Waals surface area contributed by atoms with Gasteiger partial charge in [0.25, 0.3) is 0 Å². The highest BCUT2D eigenvalue weighted by Crippen LogP contribution is 2.21. The summed E-state index contributed by atoms with van der Waals surface area (Å²) in [6.45, 7) is 2.62. The molecule has 1 aliphatic heterocycles. The maximum Gasteiger partial charge on any atom is 0.321 e. The molecule has 0 bridgehead atoms.